The number of aliphatic hydroxyl groups is 1. The Bertz CT molecular complexity index is 526. The molecule has 2 heteroatoms. The van der Waals surface area contributed by atoms with Gasteiger partial charge < -0.3 is 9.84 Å². The fourth-order valence-corrected chi connectivity index (χ4v) is 4.57. The van der Waals surface area contributed by atoms with Crippen molar-refractivity contribution in [2.45, 2.75) is 39.0 Å². The van der Waals surface area contributed by atoms with Gasteiger partial charge in [-0.25, -0.2) is 0 Å². The van der Waals surface area contributed by atoms with Gasteiger partial charge in [0, 0.05) is 5.41 Å². The molecule has 0 aromatic rings. The second kappa shape index (κ2) is 4.54. The van der Waals surface area contributed by atoms with Crippen LogP contribution < -0.4 is 0 Å². The second-order valence-corrected chi connectivity index (χ2v) is 6.69. The standard InChI is InChI=1S/C18H24O2/c1-4-7-18(17-8-5-14(11-17)6-9-17)10-13(2)16(19)15(12-18)20-3/h4-5,8,12,14,19H,1,6-7,9-11H2,2-3H3. The number of hydrogen-bond acceptors (Lipinski definition) is 2. The minimum absolute atomic E-state index is 0.0121. The predicted octanol–water partition coefficient (Wildman–Crippen LogP) is 4.67. The average molecular weight is 272 g/mol. The molecule has 108 valence electrons. The highest BCUT2D eigenvalue weighted by atomic mass is 16.5. The molecule has 20 heavy (non-hydrogen) atoms. The van der Waals surface area contributed by atoms with E-state index in [1.165, 1.54) is 19.3 Å². The Kier molecular flexibility index (Phi) is 3.07. The topological polar surface area (TPSA) is 29.5 Å². The number of fused-ring (bicyclic) bond motifs is 2. The third-order valence-electron chi connectivity index (χ3n) is 5.62. The summed E-state index contributed by atoms with van der Waals surface area (Å²) in [6, 6.07) is 0. The van der Waals surface area contributed by atoms with E-state index in [0.717, 1.165) is 24.3 Å². The highest BCUT2D eigenvalue weighted by Crippen LogP contribution is 2.64. The molecule has 1 fully saturated rings. The lowest BCUT2D eigenvalue weighted by molar-refractivity contribution is 0.126. The molecule has 0 heterocycles. The molecule has 0 radical (unpaired) electrons. The van der Waals surface area contributed by atoms with Gasteiger partial charge in [0.1, 0.15) is 0 Å². The molecule has 0 saturated heterocycles. The Balaban J connectivity index is 2.08. The first-order valence-electron chi connectivity index (χ1n) is 7.52. The highest BCUT2D eigenvalue weighted by Gasteiger charge is 2.55. The van der Waals surface area contributed by atoms with E-state index < -0.39 is 0 Å². The van der Waals surface area contributed by atoms with Gasteiger partial charge in [-0.05, 0) is 62.0 Å². The zero-order chi connectivity index (χ0) is 14.4. The summed E-state index contributed by atoms with van der Waals surface area (Å²) < 4.78 is 5.43. The third kappa shape index (κ3) is 1.70. The molecule has 2 nitrogen and oxygen atoms in total. The fraction of sp³-hybridized carbons (Fsp3) is 0.556. The second-order valence-electron chi connectivity index (χ2n) is 6.69. The van der Waals surface area contributed by atoms with Crippen molar-refractivity contribution in [1.82, 2.24) is 0 Å². The first-order chi connectivity index (χ1) is 9.56. The molecule has 3 unspecified atom stereocenters. The van der Waals surface area contributed by atoms with E-state index in [-0.39, 0.29) is 10.8 Å². The lowest BCUT2D eigenvalue weighted by Crippen LogP contribution is -2.39. The van der Waals surface area contributed by atoms with Crippen molar-refractivity contribution < 1.29 is 9.84 Å². The summed E-state index contributed by atoms with van der Waals surface area (Å²) in [7, 11) is 1.64. The van der Waals surface area contributed by atoms with Gasteiger partial charge in [0.15, 0.2) is 11.5 Å². The first kappa shape index (κ1) is 13.5. The van der Waals surface area contributed by atoms with Crippen LogP contribution in [0.25, 0.3) is 0 Å². The van der Waals surface area contributed by atoms with Crippen molar-refractivity contribution >= 4 is 0 Å². The van der Waals surface area contributed by atoms with Crippen LogP contribution in [0.1, 0.15) is 39.0 Å². The highest BCUT2D eigenvalue weighted by molar-refractivity contribution is 5.38. The Labute approximate surface area is 121 Å². The summed E-state index contributed by atoms with van der Waals surface area (Å²) in [5.41, 5.74) is 1.26. The van der Waals surface area contributed by atoms with Gasteiger partial charge in [-0.1, -0.05) is 18.2 Å². The number of ether oxygens (including phenoxy) is 1. The van der Waals surface area contributed by atoms with E-state index in [9.17, 15) is 5.11 Å². The van der Waals surface area contributed by atoms with Crippen LogP contribution in [0.2, 0.25) is 0 Å². The maximum absolute atomic E-state index is 10.2. The molecule has 0 aliphatic heterocycles. The molecule has 3 aliphatic rings. The van der Waals surface area contributed by atoms with Crippen LogP contribution in [-0.4, -0.2) is 12.2 Å². The largest absolute Gasteiger partial charge is 0.504 e. The van der Waals surface area contributed by atoms with Gasteiger partial charge in [0.25, 0.3) is 0 Å². The molecule has 2 bridgehead atoms. The summed E-state index contributed by atoms with van der Waals surface area (Å²) in [5, 5.41) is 10.2. The lowest BCUT2D eigenvalue weighted by Gasteiger charge is -2.47. The first-order valence-corrected chi connectivity index (χ1v) is 7.52. The van der Waals surface area contributed by atoms with Crippen LogP contribution in [0, 0.1) is 16.7 Å². The van der Waals surface area contributed by atoms with E-state index in [2.05, 4.69) is 24.8 Å². The lowest BCUT2D eigenvalue weighted by atomic mass is 9.57. The zero-order valence-corrected chi connectivity index (χ0v) is 12.5. The maximum Gasteiger partial charge on any atom is 0.157 e. The van der Waals surface area contributed by atoms with Gasteiger partial charge >= 0.3 is 0 Å². The van der Waals surface area contributed by atoms with E-state index in [1.807, 2.05) is 13.0 Å². The monoisotopic (exact) mass is 272 g/mol. The van der Waals surface area contributed by atoms with Gasteiger partial charge in [0.2, 0.25) is 0 Å². The van der Waals surface area contributed by atoms with Crippen molar-refractivity contribution in [1.29, 1.82) is 0 Å². The maximum atomic E-state index is 10.2. The van der Waals surface area contributed by atoms with Gasteiger partial charge in [-0.15, -0.1) is 6.58 Å². The average Bonchev–Trinajstić information content (AvgIpc) is 3.05. The Morgan fingerprint density at radius 2 is 2.35 bits per heavy atom. The molecule has 0 aromatic carbocycles. The minimum atomic E-state index is 0.0121. The van der Waals surface area contributed by atoms with Gasteiger partial charge in [-0.3, -0.25) is 0 Å². The van der Waals surface area contributed by atoms with Crippen LogP contribution in [0.3, 0.4) is 0 Å². The van der Waals surface area contributed by atoms with Crippen molar-refractivity contribution in [3.63, 3.8) is 0 Å². The number of hydrogen-bond donors (Lipinski definition) is 1. The van der Waals surface area contributed by atoms with E-state index >= 15 is 0 Å². The van der Waals surface area contributed by atoms with Crippen LogP contribution in [0.5, 0.6) is 0 Å². The quantitative estimate of drug-likeness (QED) is 0.753. The van der Waals surface area contributed by atoms with Crippen molar-refractivity contribution in [2.75, 3.05) is 7.11 Å². The van der Waals surface area contributed by atoms with Crippen molar-refractivity contribution in [2.24, 2.45) is 16.7 Å². The summed E-state index contributed by atoms with van der Waals surface area (Å²) in [5.74, 6) is 1.70. The molecule has 1 N–H and O–H groups in total. The van der Waals surface area contributed by atoms with Crippen molar-refractivity contribution in [3.8, 4) is 0 Å². The third-order valence-corrected chi connectivity index (χ3v) is 5.62. The number of rotatable bonds is 4. The molecule has 0 aromatic heterocycles. The summed E-state index contributed by atoms with van der Waals surface area (Å²) in [6.07, 6.45) is 14.6. The predicted molar refractivity (Wildman–Crippen MR) is 81.2 cm³/mol. The van der Waals surface area contributed by atoms with Crippen LogP contribution in [0.4, 0.5) is 0 Å². The smallest absolute Gasteiger partial charge is 0.157 e. The van der Waals surface area contributed by atoms with Crippen LogP contribution in [0.15, 0.2) is 48.0 Å². The van der Waals surface area contributed by atoms with Gasteiger partial charge in [0.05, 0.1) is 7.11 Å². The van der Waals surface area contributed by atoms with Crippen LogP contribution >= 0.6 is 0 Å². The Morgan fingerprint density at radius 1 is 1.55 bits per heavy atom. The molecule has 0 spiro atoms. The molecule has 3 atom stereocenters. The van der Waals surface area contributed by atoms with Crippen molar-refractivity contribution in [3.05, 3.63) is 48.0 Å². The van der Waals surface area contributed by atoms with E-state index in [4.69, 9.17) is 4.74 Å². The van der Waals surface area contributed by atoms with Gasteiger partial charge in [-0.2, -0.15) is 0 Å². The molecule has 3 rings (SSSR count). The zero-order valence-electron chi connectivity index (χ0n) is 12.5. The minimum Gasteiger partial charge on any atom is -0.504 e. The summed E-state index contributed by atoms with van der Waals surface area (Å²) >= 11 is 0. The summed E-state index contributed by atoms with van der Waals surface area (Å²) in [4.78, 5) is 0. The summed E-state index contributed by atoms with van der Waals surface area (Å²) in [6.45, 7) is 5.99. The number of aliphatic hydroxyl groups excluding tert-OH is 1. The van der Waals surface area contributed by atoms with E-state index in [0.29, 0.717) is 11.5 Å². The molecule has 1 saturated carbocycles. The molecular formula is C18H24O2. The van der Waals surface area contributed by atoms with Crippen LogP contribution in [-0.2, 0) is 4.74 Å². The Morgan fingerprint density at radius 3 is 2.85 bits per heavy atom. The SMILES string of the molecule is C=CCC1(C23C=CC(CC2)C3)C=C(OC)C(O)=C(C)C1. The molecule has 0 amide bonds. The molecular weight excluding hydrogens is 248 g/mol. The normalized spacial score (nSPS) is 39.1. The van der Waals surface area contributed by atoms with E-state index in [1.54, 1.807) is 7.11 Å². The fourth-order valence-electron chi connectivity index (χ4n) is 4.57. The number of methoxy groups -OCH3 is 1. The Hall–Kier alpha value is -1.44. The molecule has 3 aliphatic carbocycles. The number of allylic oxidation sites excluding steroid dienone is 5.